The van der Waals surface area contributed by atoms with Crippen LogP contribution in [-0.2, 0) is 18.3 Å². The van der Waals surface area contributed by atoms with Gasteiger partial charge < -0.3 is 15.4 Å². The minimum atomic E-state index is -0.468. The molecular weight excluding hydrogens is 256 g/mol. The summed E-state index contributed by atoms with van der Waals surface area (Å²) >= 11 is 0. The van der Waals surface area contributed by atoms with Gasteiger partial charge in [0.2, 0.25) is 0 Å². The van der Waals surface area contributed by atoms with Crippen LogP contribution in [0.15, 0.2) is 6.20 Å². The summed E-state index contributed by atoms with van der Waals surface area (Å²) in [6, 6.07) is 0.00169. The smallest absolute Gasteiger partial charge is 0.407 e. The van der Waals surface area contributed by atoms with Crippen molar-refractivity contribution >= 4 is 6.09 Å². The zero-order chi connectivity index (χ0) is 15.3. The van der Waals surface area contributed by atoms with Crippen LogP contribution in [0.1, 0.15) is 39.0 Å². The molecule has 0 saturated heterocycles. The highest BCUT2D eigenvalue weighted by molar-refractivity contribution is 5.68. The molecule has 0 spiro atoms. The highest BCUT2D eigenvalue weighted by Gasteiger charge is 2.17. The molecule has 0 bridgehead atoms. The van der Waals surface area contributed by atoms with Gasteiger partial charge in [0.1, 0.15) is 5.60 Å². The molecule has 1 unspecified atom stereocenters. The second kappa shape index (κ2) is 6.74. The first-order chi connectivity index (χ1) is 9.17. The molecule has 0 aliphatic carbocycles. The van der Waals surface area contributed by atoms with E-state index in [1.54, 1.807) is 4.68 Å². The van der Waals surface area contributed by atoms with Gasteiger partial charge in [-0.3, -0.25) is 4.68 Å². The average Bonchev–Trinajstić information content (AvgIpc) is 2.54. The van der Waals surface area contributed by atoms with Gasteiger partial charge in [-0.1, -0.05) is 0 Å². The van der Waals surface area contributed by atoms with Crippen LogP contribution in [0.25, 0.3) is 0 Å². The number of nitrogens with one attached hydrogen (secondary N) is 2. The second-order valence-corrected chi connectivity index (χ2v) is 6.09. The average molecular weight is 282 g/mol. The maximum atomic E-state index is 11.6. The largest absolute Gasteiger partial charge is 0.444 e. The zero-order valence-electron chi connectivity index (χ0n) is 13.3. The van der Waals surface area contributed by atoms with Crippen LogP contribution >= 0.6 is 0 Å². The Bertz CT molecular complexity index is 449. The standard InChI is InChI=1S/C14H26N4O2/c1-10(16-13(19)20-14(3,4)5)7-15-8-12-9-18(6)17-11(12)2/h9-10,15H,7-8H2,1-6H3,(H,16,19). The fourth-order valence-corrected chi connectivity index (χ4v) is 1.81. The Morgan fingerprint density at radius 2 is 2.15 bits per heavy atom. The van der Waals surface area contributed by atoms with Gasteiger partial charge in [-0.2, -0.15) is 5.10 Å². The normalized spacial score (nSPS) is 13.1. The number of hydrogen-bond acceptors (Lipinski definition) is 4. The van der Waals surface area contributed by atoms with E-state index in [4.69, 9.17) is 4.74 Å². The number of amides is 1. The quantitative estimate of drug-likeness (QED) is 0.863. The SMILES string of the molecule is Cc1nn(C)cc1CNCC(C)NC(=O)OC(C)(C)C. The van der Waals surface area contributed by atoms with Crippen LogP contribution < -0.4 is 10.6 Å². The van der Waals surface area contributed by atoms with Crippen LogP contribution in [0.4, 0.5) is 4.79 Å². The molecule has 2 N–H and O–H groups in total. The summed E-state index contributed by atoms with van der Waals surface area (Å²) in [6.45, 7) is 10.9. The molecular formula is C14H26N4O2. The number of aryl methyl sites for hydroxylation is 2. The molecule has 1 amide bonds. The predicted molar refractivity (Wildman–Crippen MR) is 78.5 cm³/mol. The molecule has 114 valence electrons. The van der Waals surface area contributed by atoms with Gasteiger partial charge in [-0.15, -0.1) is 0 Å². The Morgan fingerprint density at radius 3 is 2.65 bits per heavy atom. The molecule has 6 nitrogen and oxygen atoms in total. The molecule has 0 aliphatic heterocycles. The first kappa shape index (κ1) is 16.5. The molecule has 0 saturated carbocycles. The minimum Gasteiger partial charge on any atom is -0.444 e. The predicted octanol–water partition coefficient (Wildman–Crippen LogP) is 1.73. The van der Waals surface area contributed by atoms with Crippen molar-refractivity contribution in [1.29, 1.82) is 0 Å². The Hall–Kier alpha value is -1.56. The monoisotopic (exact) mass is 282 g/mol. The van der Waals surface area contributed by atoms with Gasteiger partial charge in [0.05, 0.1) is 5.69 Å². The van der Waals surface area contributed by atoms with E-state index in [1.807, 2.05) is 47.9 Å². The van der Waals surface area contributed by atoms with E-state index in [9.17, 15) is 4.79 Å². The summed E-state index contributed by atoms with van der Waals surface area (Å²) in [5, 5.41) is 10.4. The summed E-state index contributed by atoms with van der Waals surface area (Å²) < 4.78 is 7.00. The Labute approximate surface area is 120 Å². The van der Waals surface area contributed by atoms with E-state index < -0.39 is 5.60 Å². The first-order valence-electron chi connectivity index (χ1n) is 6.87. The third-order valence-electron chi connectivity index (χ3n) is 2.64. The molecule has 1 heterocycles. The van der Waals surface area contributed by atoms with Gasteiger partial charge >= 0.3 is 6.09 Å². The van der Waals surface area contributed by atoms with E-state index >= 15 is 0 Å². The molecule has 20 heavy (non-hydrogen) atoms. The number of alkyl carbamates (subject to hydrolysis) is 1. The summed E-state index contributed by atoms with van der Waals surface area (Å²) in [7, 11) is 1.91. The summed E-state index contributed by atoms with van der Waals surface area (Å²) in [5.41, 5.74) is 1.72. The molecule has 1 aromatic heterocycles. The maximum absolute atomic E-state index is 11.6. The number of nitrogens with zero attached hydrogens (tertiary/aromatic N) is 2. The zero-order valence-corrected chi connectivity index (χ0v) is 13.3. The van der Waals surface area contributed by atoms with Gasteiger partial charge in [0.25, 0.3) is 0 Å². The highest BCUT2D eigenvalue weighted by atomic mass is 16.6. The van der Waals surface area contributed by atoms with Gasteiger partial charge in [-0.25, -0.2) is 4.79 Å². The van der Waals surface area contributed by atoms with Gasteiger partial charge in [0.15, 0.2) is 0 Å². The topological polar surface area (TPSA) is 68.2 Å². The van der Waals surface area contributed by atoms with Crippen LogP contribution in [0.2, 0.25) is 0 Å². The number of hydrogen-bond donors (Lipinski definition) is 2. The van der Waals surface area contributed by atoms with E-state index in [1.165, 1.54) is 0 Å². The van der Waals surface area contributed by atoms with Crippen molar-refractivity contribution < 1.29 is 9.53 Å². The molecule has 1 atom stereocenters. The van der Waals surface area contributed by atoms with E-state index in [-0.39, 0.29) is 12.1 Å². The van der Waals surface area contributed by atoms with Crippen LogP contribution in [0.5, 0.6) is 0 Å². The Morgan fingerprint density at radius 1 is 1.50 bits per heavy atom. The van der Waals surface area contributed by atoms with Crippen molar-refractivity contribution in [2.24, 2.45) is 7.05 Å². The molecule has 0 fully saturated rings. The fraction of sp³-hybridized carbons (Fsp3) is 0.714. The second-order valence-electron chi connectivity index (χ2n) is 6.09. The van der Waals surface area contributed by atoms with Crippen molar-refractivity contribution in [3.63, 3.8) is 0 Å². The molecule has 0 radical (unpaired) electrons. The molecule has 6 heteroatoms. The molecule has 1 rings (SSSR count). The molecule has 1 aromatic rings. The number of aromatic nitrogens is 2. The maximum Gasteiger partial charge on any atom is 0.407 e. The summed E-state index contributed by atoms with van der Waals surface area (Å²) in [5.74, 6) is 0. The summed E-state index contributed by atoms with van der Waals surface area (Å²) in [4.78, 5) is 11.6. The lowest BCUT2D eigenvalue weighted by molar-refractivity contribution is 0.0508. The lowest BCUT2D eigenvalue weighted by atomic mass is 10.2. The highest BCUT2D eigenvalue weighted by Crippen LogP contribution is 2.07. The lowest BCUT2D eigenvalue weighted by Crippen LogP contribution is -2.42. The molecule has 0 aliphatic rings. The first-order valence-corrected chi connectivity index (χ1v) is 6.87. The number of carbonyl (C=O) groups excluding carboxylic acids is 1. The van der Waals surface area contributed by atoms with Crippen molar-refractivity contribution in [3.05, 3.63) is 17.5 Å². The van der Waals surface area contributed by atoms with Crippen molar-refractivity contribution in [3.8, 4) is 0 Å². The van der Waals surface area contributed by atoms with Crippen molar-refractivity contribution in [2.75, 3.05) is 6.54 Å². The Kier molecular flexibility index (Phi) is 5.56. The van der Waals surface area contributed by atoms with Crippen molar-refractivity contribution in [2.45, 2.75) is 52.8 Å². The molecule has 0 aromatic carbocycles. The fourth-order valence-electron chi connectivity index (χ4n) is 1.81. The van der Waals surface area contributed by atoms with Crippen LogP contribution in [0, 0.1) is 6.92 Å². The third-order valence-corrected chi connectivity index (χ3v) is 2.64. The van der Waals surface area contributed by atoms with E-state index in [0.29, 0.717) is 6.54 Å². The minimum absolute atomic E-state index is 0.00169. The lowest BCUT2D eigenvalue weighted by Gasteiger charge is -2.22. The van der Waals surface area contributed by atoms with Crippen LogP contribution in [0.3, 0.4) is 0 Å². The van der Waals surface area contributed by atoms with Gasteiger partial charge in [-0.05, 0) is 34.6 Å². The van der Waals surface area contributed by atoms with E-state index in [0.717, 1.165) is 17.8 Å². The Balaban J connectivity index is 2.28. The van der Waals surface area contributed by atoms with E-state index in [2.05, 4.69) is 15.7 Å². The third kappa shape index (κ3) is 6.06. The number of rotatable bonds is 5. The number of ether oxygens (including phenoxy) is 1. The van der Waals surface area contributed by atoms with Crippen molar-refractivity contribution in [1.82, 2.24) is 20.4 Å². The van der Waals surface area contributed by atoms with Crippen LogP contribution in [-0.4, -0.2) is 34.1 Å². The number of carbonyl (C=O) groups is 1. The summed E-state index contributed by atoms with van der Waals surface area (Å²) in [6.07, 6.45) is 1.61. The van der Waals surface area contributed by atoms with Gasteiger partial charge in [0, 0.05) is 37.9 Å².